The maximum absolute atomic E-state index is 13.8. The Morgan fingerprint density at radius 2 is 0.659 bits per heavy atom. The lowest BCUT2D eigenvalue weighted by Crippen LogP contribution is -2.45. The largest absolute Gasteiger partial charge is 0.444 e. The van der Waals surface area contributed by atoms with Crippen LogP contribution in [0.25, 0.3) is 0 Å². The number of alkyl carbamates (subject to hydrolysis) is 2. The summed E-state index contributed by atoms with van der Waals surface area (Å²) in [5.74, 6) is -0.605. The molecule has 1 aliphatic rings. The highest BCUT2D eigenvalue weighted by Gasteiger charge is 2.29. The molecule has 0 saturated carbocycles. The number of imide groups is 1. The van der Waals surface area contributed by atoms with E-state index < -0.39 is 46.8 Å². The normalized spacial score (nSPS) is 12.8. The van der Waals surface area contributed by atoms with E-state index in [0.29, 0.717) is 97.3 Å². The number of amides is 8. The summed E-state index contributed by atoms with van der Waals surface area (Å²) >= 11 is 0. The molecule has 0 aliphatic carbocycles. The van der Waals surface area contributed by atoms with E-state index in [1.54, 1.807) is 9.80 Å². The van der Waals surface area contributed by atoms with Crippen LogP contribution >= 0.6 is 0 Å². The minimum atomic E-state index is -0.721. The summed E-state index contributed by atoms with van der Waals surface area (Å²) in [4.78, 5) is 105. The highest BCUT2D eigenvalue weighted by molar-refractivity contribution is 6.12. The monoisotopic (exact) mass is 1250 g/mol. The Kier molecular flexibility index (Phi) is 43.1. The van der Waals surface area contributed by atoms with Gasteiger partial charge in [0.2, 0.25) is 11.8 Å². The van der Waals surface area contributed by atoms with Crippen LogP contribution in [0.1, 0.15) is 295 Å². The van der Waals surface area contributed by atoms with Gasteiger partial charge >= 0.3 is 24.4 Å². The van der Waals surface area contributed by atoms with Crippen molar-refractivity contribution >= 4 is 48.0 Å². The molecule has 0 fully saturated rings. The molecule has 8 amide bonds. The summed E-state index contributed by atoms with van der Waals surface area (Å²) in [6.45, 7) is 25.8. The SMILES string of the molecule is CC(C)(C)OC(=O)NCCCCN(CC(CCCCCCNC(=O)CCCCCCCCCCCCCCCCCCCCCCCNC(=O)CCCN1C(=O)C=CC1=O)CN(CCCCNC(=O)OC(C)(C)C)C(=O)OC(C)(C)C)C(=O)OC(C)(C)C. The molecule has 0 bridgehead atoms. The van der Waals surface area contributed by atoms with E-state index in [2.05, 4.69) is 21.3 Å². The van der Waals surface area contributed by atoms with E-state index >= 15 is 0 Å². The van der Waals surface area contributed by atoms with Gasteiger partial charge in [-0.15, -0.1) is 0 Å². The highest BCUT2D eigenvalue weighted by atomic mass is 16.6. The lowest BCUT2D eigenvalue weighted by atomic mass is 9.98. The molecule has 0 unspecified atom stereocenters. The number of ether oxygens (including phenoxy) is 4. The molecule has 510 valence electrons. The number of hydrogen-bond donors (Lipinski definition) is 4. The van der Waals surface area contributed by atoms with Crippen molar-refractivity contribution in [3.05, 3.63) is 12.2 Å². The van der Waals surface area contributed by atoms with Gasteiger partial charge in [0.05, 0.1) is 0 Å². The fraction of sp³-hybridized carbons (Fsp3) is 0.855. The molecule has 0 aromatic heterocycles. The standard InChI is InChI=1S/C69H127N7O12/c1-66(2,3)85-62(81)72-50-38-40-52-74(64(83)87-68(7,8)9)55-57(56-75(65(84)88-69(10,11)12)53-41-39-51-73-63(82)86-67(4,5)6)43-34-31-33-37-49-70-58(77)44-35-30-28-26-24-22-20-18-16-14-13-15-17-19-21-23-25-27-29-32-36-48-71-59(78)45-42-54-76-60(79)46-47-61(76)80/h46-47,57H,13-45,48-56H2,1-12H3,(H,70,77)(H,71,78)(H,72,81)(H,73,82). The number of nitrogens with zero attached hydrogens (tertiary/aromatic N) is 3. The smallest absolute Gasteiger partial charge is 0.410 e. The molecule has 0 atom stereocenters. The Morgan fingerprint density at radius 1 is 0.375 bits per heavy atom. The maximum atomic E-state index is 13.8. The van der Waals surface area contributed by atoms with E-state index in [9.17, 15) is 38.4 Å². The average Bonchev–Trinajstić information content (AvgIpc) is 2.45. The third kappa shape index (κ3) is 48.8. The third-order valence-electron chi connectivity index (χ3n) is 14.8. The molecule has 0 spiro atoms. The van der Waals surface area contributed by atoms with Crippen molar-refractivity contribution in [3.63, 3.8) is 0 Å². The van der Waals surface area contributed by atoms with Crippen LogP contribution in [0.2, 0.25) is 0 Å². The van der Waals surface area contributed by atoms with Crippen molar-refractivity contribution in [2.45, 2.75) is 317 Å². The zero-order valence-electron chi connectivity index (χ0n) is 57.7. The number of carbonyl (C=O) groups excluding carboxylic acids is 8. The Balaban J connectivity index is 2.38. The topological polar surface area (TPSA) is 231 Å². The van der Waals surface area contributed by atoms with Crippen molar-refractivity contribution in [3.8, 4) is 0 Å². The van der Waals surface area contributed by atoms with Gasteiger partial charge in [-0.1, -0.05) is 141 Å². The van der Waals surface area contributed by atoms with Gasteiger partial charge in [-0.25, -0.2) is 19.2 Å². The lowest BCUT2D eigenvalue weighted by Gasteiger charge is -2.34. The Bertz CT molecular complexity index is 1900. The van der Waals surface area contributed by atoms with Crippen LogP contribution in [0.3, 0.4) is 0 Å². The molecule has 0 aromatic rings. The average molecular weight is 1250 g/mol. The molecule has 1 rings (SSSR count). The summed E-state index contributed by atoms with van der Waals surface area (Å²) in [7, 11) is 0. The molecule has 0 saturated heterocycles. The Labute approximate surface area is 533 Å². The number of unbranched alkanes of at least 4 members (excludes halogenated alkanes) is 25. The first-order valence-corrected chi connectivity index (χ1v) is 34.5. The van der Waals surface area contributed by atoms with Crippen molar-refractivity contribution in [1.29, 1.82) is 0 Å². The molecule has 0 aromatic carbocycles. The van der Waals surface area contributed by atoms with Crippen molar-refractivity contribution < 1.29 is 57.3 Å². The van der Waals surface area contributed by atoms with Crippen LogP contribution in [0, 0.1) is 5.92 Å². The first-order valence-electron chi connectivity index (χ1n) is 34.5. The number of carbonyl (C=O) groups is 8. The fourth-order valence-corrected chi connectivity index (χ4v) is 10.3. The minimum Gasteiger partial charge on any atom is -0.444 e. The predicted octanol–water partition coefficient (Wildman–Crippen LogP) is 15.2. The van der Waals surface area contributed by atoms with Gasteiger partial charge in [-0.2, -0.15) is 0 Å². The maximum Gasteiger partial charge on any atom is 0.410 e. The number of nitrogens with one attached hydrogen (secondary N) is 4. The fourth-order valence-electron chi connectivity index (χ4n) is 10.3. The van der Waals surface area contributed by atoms with Crippen molar-refractivity contribution in [2.24, 2.45) is 5.92 Å². The van der Waals surface area contributed by atoms with Crippen LogP contribution in [-0.4, -0.2) is 144 Å². The van der Waals surface area contributed by atoms with Gasteiger partial charge in [0.1, 0.15) is 22.4 Å². The Morgan fingerprint density at radius 3 is 1.00 bits per heavy atom. The number of hydrogen-bond acceptors (Lipinski definition) is 12. The van der Waals surface area contributed by atoms with E-state index in [0.717, 1.165) is 57.8 Å². The van der Waals surface area contributed by atoms with Gasteiger partial charge in [0.25, 0.3) is 11.8 Å². The van der Waals surface area contributed by atoms with Crippen LogP contribution in [0.5, 0.6) is 0 Å². The summed E-state index contributed by atoms with van der Waals surface area (Å²) in [6, 6.07) is 0. The zero-order chi connectivity index (χ0) is 65.7. The van der Waals surface area contributed by atoms with Gasteiger partial charge in [0.15, 0.2) is 0 Å². The van der Waals surface area contributed by atoms with Crippen LogP contribution < -0.4 is 21.3 Å². The third-order valence-corrected chi connectivity index (χ3v) is 14.8. The molecule has 4 N–H and O–H groups in total. The summed E-state index contributed by atoms with van der Waals surface area (Å²) in [6.07, 6.45) is 35.1. The van der Waals surface area contributed by atoms with E-state index in [4.69, 9.17) is 18.9 Å². The summed E-state index contributed by atoms with van der Waals surface area (Å²) in [5.41, 5.74) is -2.66. The van der Waals surface area contributed by atoms with Crippen LogP contribution in [0.4, 0.5) is 19.2 Å². The summed E-state index contributed by atoms with van der Waals surface area (Å²) < 4.78 is 22.6. The van der Waals surface area contributed by atoms with Crippen LogP contribution in [0.15, 0.2) is 12.2 Å². The predicted molar refractivity (Wildman–Crippen MR) is 352 cm³/mol. The molecule has 0 radical (unpaired) electrons. The van der Waals surface area contributed by atoms with Gasteiger partial charge in [0, 0.05) is 83.9 Å². The molecular weight excluding hydrogens is 1120 g/mol. The molecular formula is C69H127N7O12. The van der Waals surface area contributed by atoms with E-state index in [1.807, 2.05) is 83.1 Å². The second-order valence-electron chi connectivity index (χ2n) is 28.3. The van der Waals surface area contributed by atoms with E-state index in [1.165, 1.54) is 126 Å². The molecule has 1 aliphatic heterocycles. The first-order chi connectivity index (χ1) is 41.5. The first kappa shape index (κ1) is 80.9. The quantitative estimate of drug-likeness (QED) is 0.0253. The second-order valence-corrected chi connectivity index (χ2v) is 28.3. The van der Waals surface area contributed by atoms with E-state index in [-0.39, 0.29) is 36.1 Å². The molecule has 1 heterocycles. The molecule has 88 heavy (non-hydrogen) atoms. The zero-order valence-corrected chi connectivity index (χ0v) is 57.7. The van der Waals surface area contributed by atoms with Crippen molar-refractivity contribution in [1.82, 2.24) is 36.0 Å². The highest BCUT2D eigenvalue weighted by Crippen LogP contribution is 2.22. The number of rotatable bonds is 49. The molecule has 19 nitrogen and oxygen atoms in total. The van der Waals surface area contributed by atoms with Crippen LogP contribution in [-0.2, 0) is 38.1 Å². The lowest BCUT2D eigenvalue weighted by molar-refractivity contribution is -0.137. The summed E-state index contributed by atoms with van der Waals surface area (Å²) in [5, 5.41) is 11.7. The Hall–Kier alpha value is -5.10. The van der Waals surface area contributed by atoms with Crippen molar-refractivity contribution in [2.75, 3.05) is 58.9 Å². The second kappa shape index (κ2) is 46.9. The van der Waals surface area contributed by atoms with Gasteiger partial charge in [-0.3, -0.25) is 24.1 Å². The van der Waals surface area contributed by atoms with Gasteiger partial charge in [-0.05, 0) is 147 Å². The van der Waals surface area contributed by atoms with Gasteiger partial charge < -0.3 is 50.0 Å². The minimum absolute atomic E-state index is 0.0161. The molecule has 19 heteroatoms.